The molecule has 206 valence electrons. The Hall–Kier alpha value is -4.58. The molecule has 39 heavy (non-hydrogen) atoms. The van der Waals surface area contributed by atoms with Crippen LogP contribution in [-0.2, 0) is 20.9 Å². The summed E-state index contributed by atoms with van der Waals surface area (Å²) in [7, 11) is 0. The van der Waals surface area contributed by atoms with E-state index in [4.69, 9.17) is 11.1 Å². The van der Waals surface area contributed by atoms with E-state index in [1.54, 1.807) is 24.3 Å². The first kappa shape index (κ1) is 29.0. The summed E-state index contributed by atoms with van der Waals surface area (Å²) in [6, 6.07) is 11.6. The van der Waals surface area contributed by atoms with E-state index in [-0.39, 0.29) is 52.6 Å². The minimum absolute atomic E-state index is 0.0380. The van der Waals surface area contributed by atoms with Crippen LogP contribution in [-0.4, -0.2) is 63.9 Å². The summed E-state index contributed by atoms with van der Waals surface area (Å²) >= 11 is 0. The van der Waals surface area contributed by atoms with Crippen LogP contribution in [0, 0.1) is 21.4 Å². The summed E-state index contributed by atoms with van der Waals surface area (Å²) in [6.45, 7) is 3.07. The van der Waals surface area contributed by atoms with E-state index in [9.17, 15) is 29.6 Å². The summed E-state index contributed by atoms with van der Waals surface area (Å²) in [6.07, 6.45) is 2.27. The Bertz CT molecular complexity index is 1270. The SMILES string of the molecule is CC(=O)C(CNC(=O)/C(N)=C/C(=N)c1ccccc1O)NC(=O)C1CCN(Cc2ccc([N+](=O)[O-])cc2)CC1. The molecule has 1 fully saturated rings. The molecule has 1 heterocycles. The van der Waals surface area contributed by atoms with E-state index in [0.29, 0.717) is 32.5 Å². The lowest BCUT2D eigenvalue weighted by Gasteiger charge is -2.32. The molecule has 1 saturated heterocycles. The topological polar surface area (TPSA) is 192 Å². The van der Waals surface area contributed by atoms with Crippen LogP contribution in [0.3, 0.4) is 0 Å². The molecule has 1 atom stereocenters. The maximum absolute atomic E-state index is 12.8. The van der Waals surface area contributed by atoms with Crippen LogP contribution >= 0.6 is 0 Å². The predicted molar refractivity (Wildman–Crippen MR) is 144 cm³/mol. The fraction of sp³-hybridized carbons (Fsp3) is 0.333. The van der Waals surface area contributed by atoms with Gasteiger partial charge in [0.15, 0.2) is 5.78 Å². The van der Waals surface area contributed by atoms with Gasteiger partial charge in [-0.3, -0.25) is 29.4 Å². The number of phenols is 1. The number of para-hydroxylation sites is 1. The Balaban J connectivity index is 1.47. The minimum atomic E-state index is -0.940. The molecular weight excluding hydrogens is 504 g/mol. The smallest absolute Gasteiger partial charge is 0.269 e. The van der Waals surface area contributed by atoms with Crippen molar-refractivity contribution in [3.05, 3.63) is 81.5 Å². The molecule has 0 spiro atoms. The van der Waals surface area contributed by atoms with Gasteiger partial charge in [0.05, 0.1) is 16.3 Å². The molecule has 12 heteroatoms. The number of piperidine rings is 1. The number of amides is 2. The van der Waals surface area contributed by atoms with Crippen LogP contribution in [0.4, 0.5) is 5.69 Å². The van der Waals surface area contributed by atoms with Gasteiger partial charge in [-0.2, -0.15) is 0 Å². The molecule has 2 aromatic rings. The number of aromatic hydroxyl groups is 1. The van der Waals surface area contributed by atoms with Crippen LogP contribution < -0.4 is 16.4 Å². The van der Waals surface area contributed by atoms with Gasteiger partial charge in [0, 0.05) is 36.7 Å². The molecule has 0 bridgehead atoms. The number of hydrogen-bond acceptors (Lipinski definition) is 9. The van der Waals surface area contributed by atoms with E-state index in [1.807, 2.05) is 0 Å². The average Bonchev–Trinajstić information content (AvgIpc) is 2.91. The second kappa shape index (κ2) is 13.3. The third kappa shape index (κ3) is 8.20. The highest BCUT2D eigenvalue weighted by molar-refractivity contribution is 6.12. The van der Waals surface area contributed by atoms with Crippen molar-refractivity contribution in [2.24, 2.45) is 11.7 Å². The first-order valence-corrected chi connectivity index (χ1v) is 12.4. The number of carbonyl (C=O) groups is 3. The molecule has 12 nitrogen and oxygen atoms in total. The average molecular weight is 537 g/mol. The summed E-state index contributed by atoms with van der Waals surface area (Å²) in [5.74, 6) is -1.73. The van der Waals surface area contributed by atoms with Crippen LogP contribution in [0.1, 0.15) is 30.9 Å². The van der Waals surface area contributed by atoms with Gasteiger partial charge in [-0.25, -0.2) is 0 Å². The van der Waals surface area contributed by atoms with Crippen molar-refractivity contribution in [3.63, 3.8) is 0 Å². The number of non-ortho nitro benzene ring substituents is 1. The highest BCUT2D eigenvalue weighted by atomic mass is 16.6. The number of ketones is 1. The lowest BCUT2D eigenvalue weighted by Crippen LogP contribution is -2.51. The first-order chi connectivity index (χ1) is 18.5. The van der Waals surface area contributed by atoms with Crippen LogP contribution in [0.5, 0.6) is 5.75 Å². The summed E-state index contributed by atoms with van der Waals surface area (Å²) < 4.78 is 0. The summed E-state index contributed by atoms with van der Waals surface area (Å²) in [5, 5.41) is 33.9. The molecule has 1 unspecified atom stereocenters. The van der Waals surface area contributed by atoms with E-state index >= 15 is 0 Å². The molecule has 0 aliphatic carbocycles. The van der Waals surface area contributed by atoms with Crippen LogP contribution in [0.25, 0.3) is 0 Å². The molecular formula is C27H32N6O6. The zero-order valence-corrected chi connectivity index (χ0v) is 21.6. The maximum Gasteiger partial charge on any atom is 0.269 e. The molecule has 2 aromatic carbocycles. The Morgan fingerprint density at radius 2 is 1.82 bits per heavy atom. The Morgan fingerprint density at radius 1 is 1.18 bits per heavy atom. The number of nitro benzene ring substituents is 1. The van der Waals surface area contributed by atoms with Gasteiger partial charge < -0.3 is 26.9 Å². The molecule has 0 radical (unpaired) electrons. The van der Waals surface area contributed by atoms with E-state index < -0.39 is 16.9 Å². The van der Waals surface area contributed by atoms with Gasteiger partial charge in [0.1, 0.15) is 11.8 Å². The second-order valence-electron chi connectivity index (χ2n) is 9.39. The monoisotopic (exact) mass is 536 g/mol. The molecule has 1 aliphatic heterocycles. The quantitative estimate of drug-likeness (QED) is 0.124. The first-order valence-electron chi connectivity index (χ1n) is 12.4. The van der Waals surface area contributed by atoms with Crippen molar-refractivity contribution in [1.29, 1.82) is 5.41 Å². The van der Waals surface area contributed by atoms with E-state index in [2.05, 4.69) is 15.5 Å². The van der Waals surface area contributed by atoms with Crippen molar-refractivity contribution >= 4 is 29.0 Å². The number of nitrogens with zero attached hydrogens (tertiary/aromatic N) is 2. The van der Waals surface area contributed by atoms with Gasteiger partial charge in [0.25, 0.3) is 11.6 Å². The number of nitrogens with one attached hydrogen (secondary N) is 3. The van der Waals surface area contributed by atoms with Crippen molar-refractivity contribution in [2.75, 3.05) is 19.6 Å². The Labute approximate surface area is 225 Å². The van der Waals surface area contributed by atoms with Gasteiger partial charge >= 0.3 is 0 Å². The lowest BCUT2D eigenvalue weighted by molar-refractivity contribution is -0.384. The van der Waals surface area contributed by atoms with Gasteiger partial charge in [-0.15, -0.1) is 0 Å². The Kier molecular flexibility index (Phi) is 9.87. The van der Waals surface area contributed by atoms with Gasteiger partial charge in [-0.05, 0) is 56.6 Å². The van der Waals surface area contributed by atoms with Crippen molar-refractivity contribution < 1.29 is 24.4 Å². The molecule has 6 N–H and O–H groups in total. The fourth-order valence-electron chi connectivity index (χ4n) is 4.22. The number of likely N-dealkylation sites (tertiary alicyclic amines) is 1. The number of hydrogen-bond donors (Lipinski definition) is 5. The molecule has 3 rings (SSSR count). The van der Waals surface area contributed by atoms with Crippen molar-refractivity contribution in [2.45, 2.75) is 32.4 Å². The second-order valence-corrected chi connectivity index (χ2v) is 9.39. The number of nitro groups is 1. The predicted octanol–water partition coefficient (Wildman–Crippen LogP) is 1.61. The zero-order valence-electron chi connectivity index (χ0n) is 21.6. The minimum Gasteiger partial charge on any atom is -0.507 e. The molecule has 0 aromatic heterocycles. The van der Waals surface area contributed by atoms with Crippen LogP contribution in [0.15, 0.2) is 60.3 Å². The number of nitrogens with two attached hydrogens (primary N) is 1. The van der Waals surface area contributed by atoms with Gasteiger partial charge in [0.2, 0.25) is 5.91 Å². The fourth-order valence-corrected chi connectivity index (χ4v) is 4.22. The Morgan fingerprint density at radius 3 is 2.41 bits per heavy atom. The standard InChI is InChI=1S/C27H32N6O6/c1-17(34)24(15-30-27(37)23(29)14-22(28)21-4-2-3-5-25(21)35)31-26(36)19-10-12-32(13-11-19)16-18-6-8-20(9-7-18)33(38)39/h2-9,14,19,24,28,35H,10-13,15-16,29H2,1H3,(H,30,37)(H,31,36)/b23-14-,28-22?. The highest BCUT2D eigenvalue weighted by Gasteiger charge is 2.28. The highest BCUT2D eigenvalue weighted by Crippen LogP contribution is 2.21. The molecule has 2 amide bonds. The van der Waals surface area contributed by atoms with Gasteiger partial charge in [-0.1, -0.05) is 24.3 Å². The third-order valence-electron chi connectivity index (χ3n) is 6.54. The van der Waals surface area contributed by atoms with E-state index in [1.165, 1.54) is 31.2 Å². The number of benzene rings is 2. The third-order valence-corrected chi connectivity index (χ3v) is 6.54. The largest absolute Gasteiger partial charge is 0.507 e. The lowest BCUT2D eigenvalue weighted by atomic mass is 9.95. The zero-order chi connectivity index (χ0) is 28.5. The maximum atomic E-state index is 12.8. The number of rotatable bonds is 11. The normalized spacial score (nSPS) is 15.3. The number of phenolic OH excluding ortho intramolecular Hbond substituents is 1. The molecule has 0 saturated carbocycles. The number of carbonyl (C=O) groups excluding carboxylic acids is 3. The van der Waals surface area contributed by atoms with Crippen molar-refractivity contribution in [3.8, 4) is 5.75 Å². The summed E-state index contributed by atoms with van der Waals surface area (Å²) in [4.78, 5) is 49.9. The number of allylic oxidation sites excluding steroid dienone is 1. The summed E-state index contributed by atoms with van der Waals surface area (Å²) in [5.41, 5.74) is 6.55. The van der Waals surface area contributed by atoms with Crippen LogP contribution in [0.2, 0.25) is 0 Å². The molecule has 1 aliphatic rings. The van der Waals surface area contributed by atoms with Crippen molar-refractivity contribution in [1.82, 2.24) is 15.5 Å². The number of Topliss-reactive ketones (excluding diaryl/α,β-unsaturated/α-hetero) is 1. The van der Waals surface area contributed by atoms with E-state index in [0.717, 1.165) is 11.6 Å².